The van der Waals surface area contributed by atoms with Crippen molar-refractivity contribution in [3.05, 3.63) is 22.7 Å². The molecule has 6 heteroatoms. The van der Waals surface area contributed by atoms with Gasteiger partial charge < -0.3 is 5.73 Å². The fourth-order valence-corrected chi connectivity index (χ4v) is 1.61. The molecule has 0 unspecified atom stereocenters. The van der Waals surface area contributed by atoms with Crippen molar-refractivity contribution in [1.82, 2.24) is 13.5 Å². The molecule has 13 heavy (non-hydrogen) atoms. The number of nitrogens with zero attached hydrogens (tertiary/aromatic N) is 3. The number of imidazole rings is 1. The molecule has 0 bridgehead atoms. The lowest BCUT2D eigenvalue weighted by Gasteiger charge is -1.96. The molecule has 0 aromatic carbocycles. The first-order valence-corrected chi connectivity index (χ1v) is 4.04. The number of thiol groups is 1. The Morgan fingerprint density at radius 1 is 1.62 bits per heavy atom. The summed E-state index contributed by atoms with van der Waals surface area (Å²) in [5.74, 6) is 0.338. The summed E-state index contributed by atoms with van der Waals surface area (Å²) >= 11 is 4.03. The summed E-state index contributed by atoms with van der Waals surface area (Å²) in [6.45, 7) is 0. The average molecular weight is 196 g/mol. The summed E-state index contributed by atoms with van der Waals surface area (Å²) in [6, 6.07) is 1.69. The first-order chi connectivity index (χ1) is 6.13. The third-order valence-electron chi connectivity index (χ3n) is 1.96. The van der Waals surface area contributed by atoms with Gasteiger partial charge in [-0.2, -0.15) is 0 Å². The predicted molar refractivity (Wildman–Crippen MR) is 53.8 cm³/mol. The number of pyridine rings is 1. The first-order valence-electron chi connectivity index (χ1n) is 3.64. The number of fused-ring (bicyclic) bond motifs is 1. The molecule has 0 aliphatic rings. The lowest BCUT2D eigenvalue weighted by atomic mass is 10.4. The molecule has 0 saturated heterocycles. The van der Waals surface area contributed by atoms with Crippen molar-refractivity contribution in [2.75, 3.05) is 5.73 Å². The number of rotatable bonds is 0. The number of nitrogen functional groups attached to an aromatic ring is 1. The smallest absolute Gasteiger partial charge is 0.338 e. The Kier molecular flexibility index (Phi) is 1.59. The van der Waals surface area contributed by atoms with Gasteiger partial charge in [0.1, 0.15) is 11.3 Å². The van der Waals surface area contributed by atoms with Crippen molar-refractivity contribution < 1.29 is 0 Å². The van der Waals surface area contributed by atoms with Crippen LogP contribution in [0.15, 0.2) is 17.1 Å². The van der Waals surface area contributed by atoms with Crippen LogP contribution in [0.2, 0.25) is 0 Å². The molecule has 0 spiro atoms. The normalized spacial score (nSPS) is 10.9. The molecule has 0 amide bonds. The lowest BCUT2D eigenvalue weighted by Crippen LogP contribution is -2.16. The standard InChI is InChI=1S/C7H8N4OS/c1-10-5-4(11(13)7(10)12)2-3-9-6(5)8/h2-3,13H,1H3,(H2,8,9). The second-order valence-electron chi connectivity index (χ2n) is 2.72. The van der Waals surface area contributed by atoms with Crippen LogP contribution in [0.1, 0.15) is 0 Å². The Bertz CT molecular complexity index is 527. The van der Waals surface area contributed by atoms with Crippen LogP contribution in [0.4, 0.5) is 5.82 Å². The zero-order valence-corrected chi connectivity index (χ0v) is 7.82. The maximum Gasteiger partial charge on any atom is 0.338 e. The monoisotopic (exact) mass is 196 g/mol. The number of hydrogen-bond acceptors (Lipinski definition) is 4. The van der Waals surface area contributed by atoms with Crippen LogP contribution in [0.25, 0.3) is 11.0 Å². The third kappa shape index (κ3) is 0.951. The highest BCUT2D eigenvalue weighted by Gasteiger charge is 2.10. The summed E-state index contributed by atoms with van der Waals surface area (Å²) in [5.41, 5.74) is 6.68. The van der Waals surface area contributed by atoms with Crippen molar-refractivity contribution >= 4 is 29.7 Å². The SMILES string of the molecule is Cn1c(=O)n(S)c2ccnc(N)c21. The molecule has 2 N–H and O–H groups in total. The van der Waals surface area contributed by atoms with Gasteiger partial charge in [-0.15, -0.1) is 0 Å². The lowest BCUT2D eigenvalue weighted by molar-refractivity contribution is 0.880. The van der Waals surface area contributed by atoms with Crippen molar-refractivity contribution in [3.8, 4) is 0 Å². The minimum Gasteiger partial charge on any atom is -0.382 e. The summed E-state index contributed by atoms with van der Waals surface area (Å²) in [7, 11) is 1.63. The highest BCUT2D eigenvalue weighted by molar-refractivity contribution is 7.78. The maximum absolute atomic E-state index is 11.4. The van der Waals surface area contributed by atoms with E-state index < -0.39 is 0 Å². The van der Waals surface area contributed by atoms with Crippen LogP contribution < -0.4 is 11.4 Å². The zero-order chi connectivity index (χ0) is 9.59. The molecule has 5 nitrogen and oxygen atoms in total. The van der Waals surface area contributed by atoms with Gasteiger partial charge >= 0.3 is 5.69 Å². The molecule has 0 saturated carbocycles. The van der Waals surface area contributed by atoms with Crippen molar-refractivity contribution in [2.24, 2.45) is 7.05 Å². The maximum atomic E-state index is 11.4. The van der Waals surface area contributed by atoms with Gasteiger partial charge in [0, 0.05) is 13.2 Å². The Morgan fingerprint density at radius 2 is 2.31 bits per heavy atom. The zero-order valence-electron chi connectivity index (χ0n) is 6.93. The van der Waals surface area contributed by atoms with E-state index in [-0.39, 0.29) is 5.69 Å². The van der Waals surface area contributed by atoms with E-state index in [1.165, 1.54) is 8.54 Å². The van der Waals surface area contributed by atoms with Gasteiger partial charge in [0.25, 0.3) is 0 Å². The number of anilines is 1. The molecular formula is C7H8N4OS. The van der Waals surface area contributed by atoms with E-state index in [0.717, 1.165) is 0 Å². The molecule has 68 valence electrons. The van der Waals surface area contributed by atoms with E-state index in [4.69, 9.17) is 5.73 Å². The fourth-order valence-electron chi connectivity index (χ4n) is 1.31. The van der Waals surface area contributed by atoms with Crippen LogP contribution in [0.5, 0.6) is 0 Å². The van der Waals surface area contributed by atoms with Gasteiger partial charge in [0.15, 0.2) is 0 Å². The number of hydrogen-bond donors (Lipinski definition) is 2. The highest BCUT2D eigenvalue weighted by Crippen LogP contribution is 2.16. The van der Waals surface area contributed by atoms with Gasteiger partial charge in [0.05, 0.1) is 5.52 Å². The first kappa shape index (κ1) is 8.18. The van der Waals surface area contributed by atoms with Crippen LogP contribution in [0.3, 0.4) is 0 Å². The minimum absolute atomic E-state index is 0.224. The molecule has 2 aromatic rings. The van der Waals surface area contributed by atoms with Crippen LogP contribution in [0, 0.1) is 0 Å². The van der Waals surface area contributed by atoms with Gasteiger partial charge in [-0.3, -0.25) is 4.57 Å². The molecule has 0 radical (unpaired) electrons. The molecule has 2 rings (SSSR count). The average Bonchev–Trinajstić information content (AvgIpc) is 2.33. The van der Waals surface area contributed by atoms with E-state index in [1.54, 1.807) is 19.3 Å². The van der Waals surface area contributed by atoms with E-state index in [0.29, 0.717) is 16.9 Å². The quantitative estimate of drug-likeness (QED) is 0.583. The third-order valence-corrected chi connectivity index (χ3v) is 2.35. The van der Waals surface area contributed by atoms with E-state index >= 15 is 0 Å². The molecule has 0 aliphatic carbocycles. The second-order valence-corrected chi connectivity index (χ2v) is 3.12. The van der Waals surface area contributed by atoms with Crippen LogP contribution in [-0.4, -0.2) is 13.5 Å². The van der Waals surface area contributed by atoms with Crippen LogP contribution in [-0.2, 0) is 7.05 Å². The molecular weight excluding hydrogens is 188 g/mol. The predicted octanol–water partition coefficient (Wildman–Crippen LogP) is 0.0101. The summed E-state index contributed by atoms with van der Waals surface area (Å²) < 4.78 is 2.66. The summed E-state index contributed by atoms with van der Waals surface area (Å²) in [6.07, 6.45) is 1.55. The second kappa shape index (κ2) is 2.53. The molecule has 0 fully saturated rings. The highest BCUT2D eigenvalue weighted by atomic mass is 32.1. The number of aromatic nitrogens is 3. The number of aryl methyl sites for hydroxylation is 1. The van der Waals surface area contributed by atoms with Gasteiger partial charge in [-0.1, -0.05) is 12.8 Å². The number of nitrogens with two attached hydrogens (primary N) is 1. The molecule has 0 aliphatic heterocycles. The fraction of sp³-hybridized carbons (Fsp3) is 0.143. The van der Waals surface area contributed by atoms with Crippen molar-refractivity contribution in [3.63, 3.8) is 0 Å². The van der Waals surface area contributed by atoms with E-state index in [1.807, 2.05) is 0 Å². The largest absolute Gasteiger partial charge is 0.382 e. The van der Waals surface area contributed by atoms with Gasteiger partial charge in [-0.05, 0) is 6.07 Å². The Morgan fingerprint density at radius 3 is 2.92 bits per heavy atom. The molecule has 2 aromatic heterocycles. The van der Waals surface area contributed by atoms with Gasteiger partial charge in [-0.25, -0.2) is 13.8 Å². The van der Waals surface area contributed by atoms with Crippen LogP contribution >= 0.6 is 12.8 Å². The minimum atomic E-state index is -0.224. The summed E-state index contributed by atoms with van der Waals surface area (Å²) in [5, 5.41) is 0. The Balaban J connectivity index is 3.12. The van der Waals surface area contributed by atoms with E-state index in [2.05, 4.69) is 17.8 Å². The van der Waals surface area contributed by atoms with Crippen molar-refractivity contribution in [1.29, 1.82) is 0 Å². The van der Waals surface area contributed by atoms with E-state index in [9.17, 15) is 4.79 Å². The topological polar surface area (TPSA) is 65.8 Å². The Labute approximate surface area is 79.3 Å². The Hall–Kier alpha value is -1.43. The summed E-state index contributed by atoms with van der Waals surface area (Å²) in [4.78, 5) is 15.3. The van der Waals surface area contributed by atoms with Crippen molar-refractivity contribution in [2.45, 2.75) is 0 Å². The molecule has 0 atom stereocenters. The molecule has 2 heterocycles. The van der Waals surface area contributed by atoms with Gasteiger partial charge in [0.2, 0.25) is 0 Å².